The van der Waals surface area contributed by atoms with Crippen LogP contribution in [0.1, 0.15) is 23.2 Å². The van der Waals surface area contributed by atoms with Gasteiger partial charge >= 0.3 is 0 Å². The Kier molecular flexibility index (Phi) is 7.19. The van der Waals surface area contributed by atoms with Gasteiger partial charge in [-0.25, -0.2) is 0 Å². The van der Waals surface area contributed by atoms with E-state index in [-0.39, 0.29) is 18.2 Å². The Morgan fingerprint density at radius 1 is 0.879 bits per heavy atom. The van der Waals surface area contributed by atoms with Crippen LogP contribution in [0.25, 0.3) is 10.9 Å². The third kappa shape index (κ3) is 5.68. The number of aromatic nitrogens is 1. The van der Waals surface area contributed by atoms with Crippen LogP contribution in [0, 0.1) is 13.8 Å². The molecule has 172 valence electrons. The van der Waals surface area contributed by atoms with E-state index in [0.29, 0.717) is 13.0 Å². The number of piperazine rings is 1. The maximum atomic E-state index is 12.5. The molecule has 0 saturated carbocycles. The van der Waals surface area contributed by atoms with E-state index in [9.17, 15) is 9.59 Å². The highest BCUT2D eigenvalue weighted by Gasteiger charge is 2.18. The van der Waals surface area contributed by atoms with Crippen molar-refractivity contribution in [2.75, 3.05) is 37.6 Å². The summed E-state index contributed by atoms with van der Waals surface area (Å²) in [5.74, 6) is -0.429. The Labute approximate surface area is 194 Å². The molecule has 1 saturated heterocycles. The van der Waals surface area contributed by atoms with Crippen molar-refractivity contribution in [2.45, 2.75) is 26.7 Å². The van der Waals surface area contributed by atoms with E-state index in [1.165, 1.54) is 5.69 Å². The summed E-state index contributed by atoms with van der Waals surface area (Å²) >= 11 is 0. The second kappa shape index (κ2) is 10.4. The quantitative estimate of drug-likeness (QED) is 0.571. The summed E-state index contributed by atoms with van der Waals surface area (Å²) in [6.45, 7) is 8.33. The molecule has 0 radical (unpaired) electrons. The van der Waals surface area contributed by atoms with Crippen LogP contribution in [-0.2, 0) is 16.0 Å². The number of aryl methyl sites for hydroxylation is 2. The number of benzene rings is 2. The highest BCUT2D eigenvalue weighted by molar-refractivity contribution is 5.87. The fraction of sp³-hybridized carbons (Fsp3) is 0.346. The Morgan fingerprint density at radius 3 is 2.30 bits per heavy atom. The second-order valence-corrected chi connectivity index (χ2v) is 8.51. The molecule has 3 aromatic rings. The van der Waals surface area contributed by atoms with Gasteiger partial charge in [0.05, 0.1) is 11.9 Å². The van der Waals surface area contributed by atoms with Crippen LogP contribution in [0.3, 0.4) is 0 Å². The smallest absolute Gasteiger partial charge is 0.242 e. The SMILES string of the molecule is Cc1nc2ccccc2c(C)c1CC(=O)NNC(=O)CCN1CCN(c2ccccc2)CC1. The zero-order valence-electron chi connectivity index (χ0n) is 19.3. The van der Waals surface area contributed by atoms with E-state index < -0.39 is 0 Å². The highest BCUT2D eigenvalue weighted by Crippen LogP contribution is 2.22. The van der Waals surface area contributed by atoms with E-state index in [1.54, 1.807) is 0 Å². The lowest BCUT2D eigenvalue weighted by Gasteiger charge is -2.36. The Balaban J connectivity index is 1.21. The van der Waals surface area contributed by atoms with E-state index in [2.05, 4.69) is 49.9 Å². The fourth-order valence-corrected chi connectivity index (χ4v) is 4.37. The zero-order valence-corrected chi connectivity index (χ0v) is 19.3. The number of carbonyl (C=O) groups is 2. The summed E-state index contributed by atoms with van der Waals surface area (Å²) < 4.78 is 0. The molecule has 0 aliphatic carbocycles. The van der Waals surface area contributed by atoms with E-state index >= 15 is 0 Å². The molecule has 2 aromatic carbocycles. The monoisotopic (exact) mass is 445 g/mol. The van der Waals surface area contributed by atoms with Crippen molar-refractivity contribution in [3.05, 3.63) is 71.4 Å². The highest BCUT2D eigenvalue weighted by atomic mass is 16.2. The molecule has 1 aliphatic heterocycles. The molecule has 7 nitrogen and oxygen atoms in total. The predicted octanol–water partition coefficient (Wildman–Crippen LogP) is 2.75. The predicted molar refractivity (Wildman–Crippen MR) is 131 cm³/mol. The minimum Gasteiger partial charge on any atom is -0.369 e. The van der Waals surface area contributed by atoms with Crippen molar-refractivity contribution in [3.8, 4) is 0 Å². The normalized spacial score (nSPS) is 14.3. The largest absolute Gasteiger partial charge is 0.369 e. The average molecular weight is 446 g/mol. The van der Waals surface area contributed by atoms with Crippen molar-refractivity contribution in [2.24, 2.45) is 0 Å². The van der Waals surface area contributed by atoms with Gasteiger partial charge in [0, 0.05) is 55.9 Å². The van der Waals surface area contributed by atoms with Gasteiger partial charge in [0.15, 0.2) is 0 Å². The summed E-state index contributed by atoms with van der Waals surface area (Å²) in [6.07, 6.45) is 0.526. The molecule has 0 spiro atoms. The molecular formula is C26H31N5O2. The first-order chi connectivity index (χ1) is 16.0. The fourth-order valence-electron chi connectivity index (χ4n) is 4.37. The summed E-state index contributed by atoms with van der Waals surface area (Å²) in [6, 6.07) is 18.3. The van der Waals surface area contributed by atoms with E-state index in [0.717, 1.165) is 53.9 Å². The molecule has 0 atom stereocenters. The molecule has 2 heterocycles. The van der Waals surface area contributed by atoms with Crippen LogP contribution >= 0.6 is 0 Å². The number of hydrogen-bond acceptors (Lipinski definition) is 5. The van der Waals surface area contributed by atoms with Gasteiger partial charge in [0.2, 0.25) is 11.8 Å². The molecule has 33 heavy (non-hydrogen) atoms. The van der Waals surface area contributed by atoms with Crippen molar-refractivity contribution < 1.29 is 9.59 Å². The molecule has 1 fully saturated rings. The molecule has 2 amide bonds. The molecule has 2 N–H and O–H groups in total. The van der Waals surface area contributed by atoms with E-state index in [4.69, 9.17) is 0 Å². The molecule has 1 aliphatic rings. The number of anilines is 1. The summed E-state index contributed by atoms with van der Waals surface area (Å²) in [5, 5.41) is 1.04. The summed E-state index contributed by atoms with van der Waals surface area (Å²) in [4.78, 5) is 34.0. The maximum absolute atomic E-state index is 12.5. The van der Waals surface area contributed by atoms with Crippen molar-refractivity contribution in [1.82, 2.24) is 20.7 Å². The van der Waals surface area contributed by atoms with Gasteiger partial charge in [-0.05, 0) is 43.2 Å². The number of fused-ring (bicyclic) bond motifs is 1. The number of carbonyl (C=O) groups excluding carboxylic acids is 2. The first-order valence-electron chi connectivity index (χ1n) is 11.5. The number of hydrogen-bond donors (Lipinski definition) is 2. The Morgan fingerprint density at radius 2 is 1.55 bits per heavy atom. The van der Waals surface area contributed by atoms with Crippen LogP contribution in [-0.4, -0.2) is 54.4 Å². The molecule has 7 heteroatoms. The van der Waals surface area contributed by atoms with Crippen LogP contribution < -0.4 is 15.8 Å². The number of rotatable bonds is 6. The Bertz CT molecular complexity index is 1120. The number of nitrogens with one attached hydrogen (secondary N) is 2. The third-order valence-corrected chi connectivity index (χ3v) is 6.31. The lowest BCUT2D eigenvalue weighted by Crippen LogP contribution is -2.48. The van der Waals surface area contributed by atoms with Gasteiger partial charge < -0.3 is 4.90 Å². The molecule has 0 unspecified atom stereocenters. The molecular weight excluding hydrogens is 414 g/mol. The van der Waals surface area contributed by atoms with Crippen molar-refractivity contribution >= 4 is 28.4 Å². The number of amides is 2. The first-order valence-corrected chi connectivity index (χ1v) is 11.5. The number of para-hydroxylation sites is 2. The number of nitrogens with zero attached hydrogens (tertiary/aromatic N) is 3. The minimum absolute atomic E-state index is 0.178. The van der Waals surface area contributed by atoms with Crippen molar-refractivity contribution in [3.63, 3.8) is 0 Å². The zero-order chi connectivity index (χ0) is 23.2. The molecule has 4 rings (SSSR count). The van der Waals surface area contributed by atoms with Gasteiger partial charge in [0.1, 0.15) is 0 Å². The minimum atomic E-state index is -0.247. The van der Waals surface area contributed by atoms with Crippen molar-refractivity contribution in [1.29, 1.82) is 0 Å². The van der Waals surface area contributed by atoms with Gasteiger partial charge in [-0.1, -0.05) is 36.4 Å². The molecule has 1 aromatic heterocycles. The van der Waals surface area contributed by atoms with Gasteiger partial charge in [0.25, 0.3) is 0 Å². The number of pyridine rings is 1. The third-order valence-electron chi connectivity index (χ3n) is 6.31. The first kappa shape index (κ1) is 22.7. The second-order valence-electron chi connectivity index (χ2n) is 8.51. The van der Waals surface area contributed by atoms with Gasteiger partial charge in [-0.3, -0.25) is 30.3 Å². The van der Waals surface area contributed by atoms with Crippen LogP contribution in [0.5, 0.6) is 0 Å². The topological polar surface area (TPSA) is 77.6 Å². The lowest BCUT2D eigenvalue weighted by molar-refractivity contribution is -0.128. The average Bonchev–Trinajstić information content (AvgIpc) is 2.85. The van der Waals surface area contributed by atoms with Crippen LogP contribution in [0.2, 0.25) is 0 Å². The maximum Gasteiger partial charge on any atom is 0.242 e. The number of hydrazine groups is 1. The summed E-state index contributed by atoms with van der Waals surface area (Å²) in [5.41, 5.74) is 10.1. The summed E-state index contributed by atoms with van der Waals surface area (Å²) in [7, 11) is 0. The van der Waals surface area contributed by atoms with Gasteiger partial charge in [-0.15, -0.1) is 0 Å². The Hall–Kier alpha value is -3.45. The van der Waals surface area contributed by atoms with Crippen LogP contribution in [0.15, 0.2) is 54.6 Å². The standard InChI is InChI=1S/C26H31N5O2/c1-19-22-10-6-7-11-24(22)27-20(2)23(19)18-26(33)29-28-25(32)12-13-30-14-16-31(17-15-30)21-8-4-3-5-9-21/h3-11H,12-18H2,1-2H3,(H,28,32)(H,29,33). The lowest BCUT2D eigenvalue weighted by atomic mass is 9.99. The van der Waals surface area contributed by atoms with Crippen LogP contribution in [0.4, 0.5) is 5.69 Å². The van der Waals surface area contributed by atoms with Gasteiger partial charge in [-0.2, -0.15) is 0 Å². The van der Waals surface area contributed by atoms with E-state index in [1.807, 2.05) is 44.2 Å². The molecule has 0 bridgehead atoms.